The van der Waals surface area contributed by atoms with Gasteiger partial charge in [-0.15, -0.1) is 0 Å². The predicted molar refractivity (Wildman–Crippen MR) is 125 cm³/mol. The van der Waals surface area contributed by atoms with Gasteiger partial charge in [-0.05, 0) is 60.7 Å². The van der Waals surface area contributed by atoms with Crippen LogP contribution in [-0.4, -0.2) is 62.1 Å². The predicted octanol–water partition coefficient (Wildman–Crippen LogP) is 3.59. The molecule has 0 saturated carbocycles. The van der Waals surface area contributed by atoms with Gasteiger partial charge in [0.2, 0.25) is 0 Å². The number of amides is 2. The third-order valence-electron chi connectivity index (χ3n) is 6.27. The zero-order valence-electron chi connectivity index (χ0n) is 19.4. The third-order valence-corrected chi connectivity index (χ3v) is 6.27. The zero-order chi connectivity index (χ0) is 23.4. The Hall–Kier alpha value is -3.48. The molecule has 0 radical (unpaired) electrons. The minimum Gasteiger partial charge on any atom is -0.497 e. The summed E-state index contributed by atoms with van der Waals surface area (Å²) in [6, 6.07) is 14.5. The third kappa shape index (κ3) is 4.82. The molecule has 2 heterocycles. The molecule has 2 aromatic rings. The smallest absolute Gasteiger partial charge is 0.277 e. The van der Waals surface area contributed by atoms with Crippen molar-refractivity contribution in [2.45, 2.75) is 19.8 Å². The average molecular weight is 451 g/mol. The molecular weight excluding hydrogens is 420 g/mol. The van der Waals surface area contributed by atoms with Crippen molar-refractivity contribution >= 4 is 17.4 Å². The number of ether oxygens (including phenoxy) is 3. The molecule has 0 spiro atoms. The maximum absolute atomic E-state index is 13.4. The Bertz CT molecular complexity index is 1020. The molecule has 7 heteroatoms. The SMILES string of the molecule is COc1ccc(OCCN2C(=O)C(c3ccc(OC)cc3)=C(N3CCC(C)CC3)C2=O)cc1. The summed E-state index contributed by atoms with van der Waals surface area (Å²) in [7, 11) is 3.21. The molecule has 0 aliphatic carbocycles. The molecule has 2 aliphatic heterocycles. The Morgan fingerprint density at radius 3 is 1.94 bits per heavy atom. The van der Waals surface area contributed by atoms with Crippen LogP contribution in [0.3, 0.4) is 0 Å². The number of piperidine rings is 1. The molecule has 0 unspecified atom stereocenters. The fourth-order valence-electron chi connectivity index (χ4n) is 4.24. The van der Waals surface area contributed by atoms with E-state index in [4.69, 9.17) is 14.2 Å². The van der Waals surface area contributed by atoms with Crippen LogP contribution in [0.25, 0.3) is 5.57 Å². The highest BCUT2D eigenvalue weighted by Gasteiger charge is 2.41. The lowest BCUT2D eigenvalue weighted by molar-refractivity contribution is -0.138. The van der Waals surface area contributed by atoms with Crippen LogP contribution >= 0.6 is 0 Å². The summed E-state index contributed by atoms with van der Waals surface area (Å²) in [6.45, 7) is 4.15. The maximum atomic E-state index is 13.4. The number of hydrogen-bond donors (Lipinski definition) is 0. The van der Waals surface area contributed by atoms with Gasteiger partial charge in [-0.25, -0.2) is 0 Å². The first-order valence-corrected chi connectivity index (χ1v) is 11.3. The molecule has 0 aromatic heterocycles. The van der Waals surface area contributed by atoms with Crippen LogP contribution in [0.15, 0.2) is 54.2 Å². The Kier molecular flexibility index (Phi) is 6.87. The summed E-state index contributed by atoms with van der Waals surface area (Å²) in [5.41, 5.74) is 1.68. The number of nitrogens with zero attached hydrogens (tertiary/aromatic N) is 2. The molecule has 174 valence electrons. The van der Waals surface area contributed by atoms with Gasteiger partial charge in [-0.1, -0.05) is 19.1 Å². The highest BCUT2D eigenvalue weighted by molar-refractivity contribution is 6.35. The molecule has 0 atom stereocenters. The van der Waals surface area contributed by atoms with E-state index in [1.165, 1.54) is 4.90 Å². The highest BCUT2D eigenvalue weighted by atomic mass is 16.5. The molecular formula is C26H30N2O5. The summed E-state index contributed by atoms with van der Waals surface area (Å²) in [5, 5.41) is 0. The van der Waals surface area contributed by atoms with Crippen LogP contribution in [0.5, 0.6) is 17.2 Å². The van der Waals surface area contributed by atoms with E-state index in [2.05, 4.69) is 11.8 Å². The van der Waals surface area contributed by atoms with Crippen LogP contribution in [0.2, 0.25) is 0 Å². The van der Waals surface area contributed by atoms with Gasteiger partial charge in [0.15, 0.2) is 0 Å². The summed E-state index contributed by atoms with van der Waals surface area (Å²) < 4.78 is 16.2. The number of hydrogen-bond acceptors (Lipinski definition) is 6. The normalized spacial score (nSPS) is 17.1. The van der Waals surface area contributed by atoms with Crippen molar-refractivity contribution in [2.75, 3.05) is 40.5 Å². The second kappa shape index (κ2) is 9.98. The number of likely N-dealkylation sites (tertiary alicyclic amines) is 1. The lowest BCUT2D eigenvalue weighted by Crippen LogP contribution is -2.39. The average Bonchev–Trinajstić information content (AvgIpc) is 3.10. The van der Waals surface area contributed by atoms with Crippen molar-refractivity contribution in [3.63, 3.8) is 0 Å². The zero-order valence-corrected chi connectivity index (χ0v) is 19.4. The van der Waals surface area contributed by atoms with Crippen LogP contribution in [0.1, 0.15) is 25.3 Å². The summed E-state index contributed by atoms with van der Waals surface area (Å²) >= 11 is 0. The van der Waals surface area contributed by atoms with E-state index in [0.29, 0.717) is 28.7 Å². The van der Waals surface area contributed by atoms with Gasteiger partial charge in [0, 0.05) is 13.1 Å². The van der Waals surface area contributed by atoms with Gasteiger partial charge in [-0.3, -0.25) is 14.5 Å². The van der Waals surface area contributed by atoms with E-state index in [-0.39, 0.29) is 25.0 Å². The van der Waals surface area contributed by atoms with E-state index in [1.54, 1.807) is 38.5 Å². The molecule has 4 rings (SSSR count). The van der Waals surface area contributed by atoms with Crippen molar-refractivity contribution in [1.82, 2.24) is 9.80 Å². The quantitative estimate of drug-likeness (QED) is 0.573. The number of imide groups is 1. The highest BCUT2D eigenvalue weighted by Crippen LogP contribution is 2.34. The summed E-state index contributed by atoms with van der Waals surface area (Å²) in [5.74, 6) is 2.18. The second-order valence-corrected chi connectivity index (χ2v) is 8.41. The molecule has 2 aromatic carbocycles. The number of benzene rings is 2. The van der Waals surface area contributed by atoms with Crippen molar-refractivity contribution in [1.29, 1.82) is 0 Å². The monoisotopic (exact) mass is 450 g/mol. The van der Waals surface area contributed by atoms with Gasteiger partial charge in [0.05, 0.1) is 26.3 Å². The lowest BCUT2D eigenvalue weighted by Gasteiger charge is -2.32. The lowest BCUT2D eigenvalue weighted by atomic mass is 9.97. The first-order valence-electron chi connectivity index (χ1n) is 11.3. The van der Waals surface area contributed by atoms with Gasteiger partial charge in [-0.2, -0.15) is 0 Å². The number of carbonyl (C=O) groups is 2. The molecule has 0 N–H and O–H groups in total. The topological polar surface area (TPSA) is 68.3 Å². The molecule has 1 saturated heterocycles. The summed E-state index contributed by atoms with van der Waals surface area (Å²) in [4.78, 5) is 30.2. The van der Waals surface area contributed by atoms with Gasteiger partial charge in [0.1, 0.15) is 29.6 Å². The minimum absolute atomic E-state index is 0.178. The van der Waals surface area contributed by atoms with E-state index in [0.717, 1.165) is 37.2 Å². The van der Waals surface area contributed by atoms with Gasteiger partial charge >= 0.3 is 0 Å². The van der Waals surface area contributed by atoms with E-state index < -0.39 is 0 Å². The minimum atomic E-state index is -0.280. The summed E-state index contributed by atoms with van der Waals surface area (Å²) in [6.07, 6.45) is 2.00. The Morgan fingerprint density at radius 1 is 0.818 bits per heavy atom. The largest absolute Gasteiger partial charge is 0.497 e. The van der Waals surface area contributed by atoms with Crippen LogP contribution in [-0.2, 0) is 9.59 Å². The fourth-order valence-corrected chi connectivity index (χ4v) is 4.24. The first kappa shape index (κ1) is 22.7. The van der Waals surface area contributed by atoms with Gasteiger partial charge < -0.3 is 19.1 Å². The number of methoxy groups -OCH3 is 2. The molecule has 7 nitrogen and oxygen atoms in total. The molecule has 0 bridgehead atoms. The van der Waals surface area contributed by atoms with E-state index >= 15 is 0 Å². The molecule has 1 fully saturated rings. The molecule has 2 amide bonds. The van der Waals surface area contributed by atoms with Crippen LogP contribution < -0.4 is 14.2 Å². The first-order chi connectivity index (χ1) is 16.0. The maximum Gasteiger partial charge on any atom is 0.277 e. The van der Waals surface area contributed by atoms with E-state index in [9.17, 15) is 9.59 Å². The van der Waals surface area contributed by atoms with Crippen molar-refractivity contribution in [3.8, 4) is 17.2 Å². The fraction of sp³-hybridized carbons (Fsp3) is 0.385. The Labute approximate surface area is 194 Å². The van der Waals surface area contributed by atoms with E-state index in [1.807, 2.05) is 24.3 Å². The standard InChI is InChI=1S/C26H30N2O5/c1-18-12-14-27(15-13-18)24-23(19-4-6-20(31-2)7-5-19)25(29)28(26(24)30)16-17-33-22-10-8-21(32-3)9-11-22/h4-11,18H,12-17H2,1-3H3. The van der Waals surface area contributed by atoms with Crippen LogP contribution in [0.4, 0.5) is 0 Å². The number of carbonyl (C=O) groups excluding carboxylic acids is 2. The Morgan fingerprint density at radius 2 is 1.36 bits per heavy atom. The van der Waals surface area contributed by atoms with Crippen LogP contribution in [0, 0.1) is 5.92 Å². The molecule has 2 aliphatic rings. The number of rotatable bonds is 8. The van der Waals surface area contributed by atoms with Crippen molar-refractivity contribution in [3.05, 3.63) is 59.8 Å². The Balaban J connectivity index is 1.54. The second-order valence-electron chi connectivity index (χ2n) is 8.41. The van der Waals surface area contributed by atoms with Gasteiger partial charge in [0.25, 0.3) is 11.8 Å². The van der Waals surface area contributed by atoms with Crippen molar-refractivity contribution in [2.24, 2.45) is 5.92 Å². The molecule has 33 heavy (non-hydrogen) atoms. The van der Waals surface area contributed by atoms with Crippen molar-refractivity contribution < 1.29 is 23.8 Å².